The minimum absolute atomic E-state index is 0.0525. The first-order valence-electron chi connectivity index (χ1n) is 5.23. The van der Waals surface area contributed by atoms with Crippen LogP contribution in [0.15, 0.2) is 18.2 Å². The molecular weight excluding hydrogens is 263 g/mol. The van der Waals surface area contributed by atoms with E-state index < -0.39 is 0 Å². The zero-order chi connectivity index (χ0) is 12.7. The second-order valence-corrected chi connectivity index (χ2v) is 4.14. The normalized spacial score (nSPS) is 9.82. The number of ether oxygens (including phenoxy) is 1. The molecule has 0 aliphatic carbocycles. The van der Waals surface area contributed by atoms with Gasteiger partial charge in [-0.1, -0.05) is 30.1 Å². The second-order valence-electron chi connectivity index (χ2n) is 3.30. The highest BCUT2D eigenvalue weighted by Crippen LogP contribution is 2.27. The van der Waals surface area contributed by atoms with Gasteiger partial charge in [-0.25, -0.2) is 4.79 Å². The van der Waals surface area contributed by atoms with Crippen LogP contribution in [0.25, 0.3) is 0 Å². The smallest absolute Gasteiger partial charge is 0.317 e. The topological polar surface area (TPSA) is 50.4 Å². The molecule has 0 saturated carbocycles. The minimum Gasteiger partial charge on any atom is -0.472 e. The minimum atomic E-state index is -0.267. The summed E-state index contributed by atoms with van der Waals surface area (Å²) in [7, 11) is 0. The Morgan fingerprint density at radius 2 is 2.12 bits per heavy atom. The fourth-order valence-corrected chi connectivity index (χ4v) is 1.54. The van der Waals surface area contributed by atoms with E-state index in [-0.39, 0.29) is 12.8 Å². The van der Waals surface area contributed by atoms with Gasteiger partial charge in [0.15, 0.2) is 6.73 Å². The van der Waals surface area contributed by atoms with Crippen molar-refractivity contribution in [1.29, 1.82) is 0 Å². The summed E-state index contributed by atoms with van der Waals surface area (Å²) in [5.41, 5.74) is 0. The molecule has 6 heteroatoms. The van der Waals surface area contributed by atoms with Crippen molar-refractivity contribution >= 4 is 29.2 Å². The zero-order valence-electron chi connectivity index (χ0n) is 9.43. The van der Waals surface area contributed by atoms with Gasteiger partial charge in [-0.2, -0.15) is 0 Å². The van der Waals surface area contributed by atoms with Gasteiger partial charge in [0.2, 0.25) is 0 Å². The third kappa shape index (κ3) is 5.15. The number of urea groups is 1. The lowest BCUT2D eigenvalue weighted by atomic mass is 10.3. The summed E-state index contributed by atoms with van der Waals surface area (Å²) >= 11 is 11.6. The van der Waals surface area contributed by atoms with Crippen molar-refractivity contribution in [2.24, 2.45) is 0 Å². The Balaban J connectivity index is 2.33. The molecule has 0 heterocycles. The molecule has 0 fully saturated rings. The molecular formula is C11H14Cl2N2O2. The Morgan fingerprint density at radius 1 is 1.35 bits per heavy atom. The van der Waals surface area contributed by atoms with E-state index in [0.717, 1.165) is 6.42 Å². The molecule has 94 valence electrons. The number of rotatable bonds is 5. The molecule has 1 aromatic carbocycles. The van der Waals surface area contributed by atoms with E-state index in [4.69, 9.17) is 27.9 Å². The van der Waals surface area contributed by atoms with Gasteiger partial charge >= 0.3 is 6.03 Å². The third-order valence-electron chi connectivity index (χ3n) is 1.89. The summed E-state index contributed by atoms with van der Waals surface area (Å²) < 4.78 is 5.28. The summed E-state index contributed by atoms with van der Waals surface area (Å²) in [6, 6.07) is 4.63. The molecule has 0 aromatic heterocycles. The van der Waals surface area contributed by atoms with E-state index in [1.807, 2.05) is 6.92 Å². The number of amides is 2. The van der Waals surface area contributed by atoms with E-state index in [0.29, 0.717) is 22.3 Å². The van der Waals surface area contributed by atoms with Crippen LogP contribution in [0.4, 0.5) is 4.79 Å². The predicted molar refractivity (Wildman–Crippen MR) is 68.8 cm³/mol. The Kier molecular flexibility index (Phi) is 5.94. The lowest BCUT2D eigenvalue weighted by Gasteiger charge is -2.10. The second kappa shape index (κ2) is 7.25. The van der Waals surface area contributed by atoms with Crippen molar-refractivity contribution in [2.45, 2.75) is 13.3 Å². The zero-order valence-corrected chi connectivity index (χ0v) is 10.9. The first-order chi connectivity index (χ1) is 8.13. The van der Waals surface area contributed by atoms with E-state index >= 15 is 0 Å². The molecule has 2 N–H and O–H groups in total. The highest BCUT2D eigenvalue weighted by molar-refractivity contribution is 6.35. The van der Waals surface area contributed by atoms with Crippen LogP contribution >= 0.6 is 23.2 Å². The van der Waals surface area contributed by atoms with E-state index in [2.05, 4.69) is 10.6 Å². The van der Waals surface area contributed by atoms with Crippen molar-refractivity contribution in [3.05, 3.63) is 28.2 Å². The van der Waals surface area contributed by atoms with Crippen LogP contribution in [0.5, 0.6) is 5.75 Å². The van der Waals surface area contributed by atoms with Crippen molar-refractivity contribution in [3.8, 4) is 5.75 Å². The Bertz CT molecular complexity index is 386. The number of carbonyl (C=O) groups is 1. The first-order valence-corrected chi connectivity index (χ1v) is 5.98. The molecule has 17 heavy (non-hydrogen) atoms. The average Bonchev–Trinajstić information content (AvgIpc) is 2.29. The summed E-state index contributed by atoms with van der Waals surface area (Å²) in [5, 5.41) is 6.15. The van der Waals surface area contributed by atoms with Gasteiger partial charge in [0.25, 0.3) is 0 Å². The average molecular weight is 277 g/mol. The number of halogens is 2. The SMILES string of the molecule is CCCNC(=O)NCOc1ccc(Cl)cc1Cl. The van der Waals surface area contributed by atoms with Crippen LogP contribution in [-0.4, -0.2) is 19.3 Å². The number of nitrogens with one attached hydrogen (secondary N) is 2. The highest BCUT2D eigenvalue weighted by atomic mass is 35.5. The Morgan fingerprint density at radius 3 is 2.76 bits per heavy atom. The van der Waals surface area contributed by atoms with E-state index in [1.54, 1.807) is 18.2 Å². The van der Waals surface area contributed by atoms with Crippen molar-refractivity contribution in [2.75, 3.05) is 13.3 Å². The maximum absolute atomic E-state index is 11.2. The summed E-state index contributed by atoms with van der Waals surface area (Å²) in [6.07, 6.45) is 0.886. The van der Waals surface area contributed by atoms with Gasteiger partial charge in [-0.05, 0) is 24.6 Å². The summed E-state index contributed by atoms with van der Waals surface area (Å²) in [6.45, 7) is 2.66. The van der Waals surface area contributed by atoms with Gasteiger partial charge in [0, 0.05) is 11.6 Å². The maximum atomic E-state index is 11.2. The molecule has 0 atom stereocenters. The van der Waals surface area contributed by atoms with Gasteiger partial charge in [-0.15, -0.1) is 0 Å². The van der Waals surface area contributed by atoms with Crippen molar-refractivity contribution < 1.29 is 9.53 Å². The van der Waals surface area contributed by atoms with Crippen LogP contribution in [-0.2, 0) is 0 Å². The van der Waals surface area contributed by atoms with Crippen LogP contribution < -0.4 is 15.4 Å². The maximum Gasteiger partial charge on any atom is 0.317 e. The van der Waals surface area contributed by atoms with Crippen LogP contribution in [0.2, 0.25) is 10.0 Å². The lowest BCUT2D eigenvalue weighted by molar-refractivity contribution is 0.224. The van der Waals surface area contributed by atoms with Crippen LogP contribution in [0, 0.1) is 0 Å². The van der Waals surface area contributed by atoms with Crippen LogP contribution in [0.1, 0.15) is 13.3 Å². The van der Waals surface area contributed by atoms with Gasteiger partial charge in [0.05, 0.1) is 5.02 Å². The fraction of sp³-hybridized carbons (Fsp3) is 0.364. The van der Waals surface area contributed by atoms with Crippen molar-refractivity contribution in [3.63, 3.8) is 0 Å². The monoisotopic (exact) mass is 276 g/mol. The number of hydrogen-bond acceptors (Lipinski definition) is 2. The molecule has 2 amide bonds. The van der Waals surface area contributed by atoms with Crippen LogP contribution in [0.3, 0.4) is 0 Å². The van der Waals surface area contributed by atoms with E-state index in [1.165, 1.54) is 0 Å². The molecule has 0 spiro atoms. The number of benzene rings is 1. The Hall–Kier alpha value is -1.13. The molecule has 0 unspecified atom stereocenters. The first kappa shape index (κ1) is 13.9. The van der Waals surface area contributed by atoms with Gasteiger partial charge in [-0.3, -0.25) is 0 Å². The van der Waals surface area contributed by atoms with E-state index in [9.17, 15) is 4.79 Å². The molecule has 0 aliphatic heterocycles. The standard InChI is InChI=1S/C11H14Cl2N2O2/c1-2-5-14-11(16)15-7-17-10-4-3-8(12)6-9(10)13/h3-4,6H,2,5,7H2,1H3,(H2,14,15,16). The molecule has 0 saturated heterocycles. The summed E-state index contributed by atoms with van der Waals surface area (Å²) in [4.78, 5) is 11.2. The largest absolute Gasteiger partial charge is 0.472 e. The highest BCUT2D eigenvalue weighted by Gasteiger charge is 2.03. The molecule has 0 bridgehead atoms. The quantitative estimate of drug-likeness (QED) is 0.813. The van der Waals surface area contributed by atoms with Gasteiger partial charge < -0.3 is 15.4 Å². The molecule has 1 rings (SSSR count). The third-order valence-corrected chi connectivity index (χ3v) is 2.42. The Labute approximate surface area is 110 Å². The molecule has 4 nitrogen and oxygen atoms in total. The molecule has 0 radical (unpaired) electrons. The van der Waals surface area contributed by atoms with Crippen molar-refractivity contribution in [1.82, 2.24) is 10.6 Å². The van der Waals surface area contributed by atoms with Gasteiger partial charge in [0.1, 0.15) is 5.75 Å². The predicted octanol–water partition coefficient (Wildman–Crippen LogP) is 3.04. The number of hydrogen-bond donors (Lipinski definition) is 2. The summed E-state index contributed by atoms with van der Waals surface area (Å²) in [5.74, 6) is 0.479. The molecule has 0 aliphatic rings. The lowest BCUT2D eigenvalue weighted by Crippen LogP contribution is -2.37. The molecule has 1 aromatic rings. The fourth-order valence-electron chi connectivity index (χ4n) is 1.07. The number of carbonyl (C=O) groups excluding carboxylic acids is 1.